The van der Waals surface area contributed by atoms with Crippen LogP contribution in [0.15, 0.2) is 5.38 Å². The van der Waals surface area contributed by atoms with Gasteiger partial charge in [0.15, 0.2) is 5.13 Å². The molecule has 1 aliphatic rings. The minimum Gasteiger partial charge on any atom is -0.481 e. The number of carboxylic acid groups (broad SMARTS) is 1. The monoisotopic (exact) mass is 226 g/mol. The molecule has 15 heavy (non-hydrogen) atoms. The number of hydrogen-bond donors (Lipinski definition) is 2. The topological polar surface area (TPSA) is 62.2 Å². The molecule has 0 unspecified atom stereocenters. The lowest BCUT2D eigenvalue weighted by Crippen LogP contribution is -2.17. The zero-order chi connectivity index (χ0) is 10.8. The van der Waals surface area contributed by atoms with Crippen molar-refractivity contribution in [3.05, 3.63) is 11.1 Å². The largest absolute Gasteiger partial charge is 0.481 e. The van der Waals surface area contributed by atoms with Crippen molar-refractivity contribution in [3.8, 4) is 0 Å². The van der Waals surface area contributed by atoms with E-state index in [4.69, 9.17) is 5.11 Å². The van der Waals surface area contributed by atoms with Gasteiger partial charge in [-0.2, -0.15) is 0 Å². The van der Waals surface area contributed by atoms with E-state index in [1.165, 1.54) is 24.2 Å². The summed E-state index contributed by atoms with van der Waals surface area (Å²) in [6.07, 6.45) is 2.60. The molecule has 1 atom stereocenters. The average Bonchev–Trinajstić information content (AvgIpc) is 2.90. The molecule has 1 aromatic heterocycles. The van der Waals surface area contributed by atoms with E-state index >= 15 is 0 Å². The first-order valence-corrected chi connectivity index (χ1v) is 5.96. The molecule has 0 spiro atoms. The van der Waals surface area contributed by atoms with Gasteiger partial charge >= 0.3 is 5.97 Å². The maximum absolute atomic E-state index is 10.5. The molecule has 1 fully saturated rings. The first-order chi connectivity index (χ1) is 7.15. The maximum atomic E-state index is 10.5. The summed E-state index contributed by atoms with van der Waals surface area (Å²) in [5, 5.41) is 14.6. The molecule has 1 saturated carbocycles. The Morgan fingerprint density at radius 1 is 1.80 bits per heavy atom. The number of nitrogens with zero attached hydrogens (tertiary/aromatic N) is 1. The van der Waals surface area contributed by atoms with Gasteiger partial charge in [0, 0.05) is 11.4 Å². The molecule has 5 heteroatoms. The number of aliphatic carboxylic acids is 1. The molecule has 0 saturated heterocycles. The number of carboxylic acids is 1. The van der Waals surface area contributed by atoms with Crippen molar-refractivity contribution in [1.29, 1.82) is 0 Å². The van der Waals surface area contributed by atoms with E-state index in [1.807, 2.05) is 0 Å². The molecule has 2 rings (SSSR count). The summed E-state index contributed by atoms with van der Waals surface area (Å²) in [6, 6.07) is 0.453. The van der Waals surface area contributed by atoms with Gasteiger partial charge in [0.2, 0.25) is 0 Å². The number of thiazole rings is 1. The first-order valence-electron chi connectivity index (χ1n) is 5.08. The highest BCUT2D eigenvalue weighted by Crippen LogP contribution is 2.34. The fraction of sp³-hybridized carbons (Fsp3) is 0.600. The summed E-state index contributed by atoms with van der Waals surface area (Å²) in [5.41, 5.74) is 0.637. The molecule has 1 aliphatic carbocycles. The molecule has 0 aromatic carbocycles. The van der Waals surface area contributed by atoms with E-state index in [9.17, 15) is 4.79 Å². The summed E-state index contributed by atoms with van der Waals surface area (Å²) in [6.45, 7) is 2.15. The zero-order valence-electron chi connectivity index (χ0n) is 8.56. The Bertz CT molecular complexity index is 360. The normalized spacial score (nSPS) is 17.4. The summed E-state index contributed by atoms with van der Waals surface area (Å²) in [4.78, 5) is 14.7. The lowest BCUT2D eigenvalue weighted by molar-refractivity contribution is -0.136. The lowest BCUT2D eigenvalue weighted by Gasteiger charge is -2.10. The van der Waals surface area contributed by atoms with Gasteiger partial charge in [-0.25, -0.2) is 4.98 Å². The Morgan fingerprint density at radius 3 is 3.13 bits per heavy atom. The molecule has 0 radical (unpaired) electrons. The van der Waals surface area contributed by atoms with Gasteiger partial charge in [-0.3, -0.25) is 4.79 Å². The summed E-state index contributed by atoms with van der Waals surface area (Å²) >= 11 is 1.48. The average molecular weight is 226 g/mol. The molecule has 0 amide bonds. The van der Waals surface area contributed by atoms with E-state index in [2.05, 4.69) is 17.2 Å². The zero-order valence-corrected chi connectivity index (χ0v) is 9.38. The van der Waals surface area contributed by atoms with Crippen LogP contribution in [0, 0.1) is 5.92 Å². The highest BCUT2D eigenvalue weighted by Gasteiger charge is 2.28. The second kappa shape index (κ2) is 4.18. The molecule has 1 heterocycles. The maximum Gasteiger partial charge on any atom is 0.309 e. The number of rotatable bonds is 5. The molecule has 1 aromatic rings. The lowest BCUT2D eigenvalue weighted by atomic mass is 10.2. The Kier molecular flexibility index (Phi) is 2.90. The molecular weight excluding hydrogens is 212 g/mol. The van der Waals surface area contributed by atoms with Crippen LogP contribution in [-0.2, 0) is 11.2 Å². The second-order valence-corrected chi connectivity index (χ2v) is 4.84. The quantitative estimate of drug-likeness (QED) is 0.806. The smallest absolute Gasteiger partial charge is 0.309 e. The van der Waals surface area contributed by atoms with Gasteiger partial charge < -0.3 is 10.4 Å². The molecule has 2 N–H and O–H groups in total. The van der Waals surface area contributed by atoms with Crippen LogP contribution in [0.3, 0.4) is 0 Å². The van der Waals surface area contributed by atoms with Gasteiger partial charge in [0.25, 0.3) is 0 Å². The van der Waals surface area contributed by atoms with Crippen LogP contribution in [0.25, 0.3) is 0 Å². The van der Waals surface area contributed by atoms with E-state index in [0.29, 0.717) is 11.7 Å². The van der Waals surface area contributed by atoms with Gasteiger partial charge in [0.05, 0.1) is 12.1 Å². The van der Waals surface area contributed by atoms with Crippen molar-refractivity contribution >= 4 is 22.4 Å². The fourth-order valence-corrected chi connectivity index (χ4v) is 2.33. The van der Waals surface area contributed by atoms with Crippen molar-refractivity contribution in [2.75, 3.05) is 5.32 Å². The fourth-order valence-electron chi connectivity index (χ4n) is 1.52. The van der Waals surface area contributed by atoms with E-state index < -0.39 is 5.97 Å². The number of hydrogen-bond acceptors (Lipinski definition) is 4. The summed E-state index contributed by atoms with van der Waals surface area (Å²) < 4.78 is 0. The number of anilines is 1. The van der Waals surface area contributed by atoms with Crippen LogP contribution in [0.5, 0.6) is 0 Å². The van der Waals surface area contributed by atoms with Crippen molar-refractivity contribution in [2.24, 2.45) is 5.92 Å². The van der Waals surface area contributed by atoms with E-state index in [-0.39, 0.29) is 6.42 Å². The second-order valence-electron chi connectivity index (χ2n) is 3.98. The SMILES string of the molecule is C[C@@H](Nc1nc(CC(=O)O)cs1)C1CC1. The number of aromatic nitrogens is 1. The van der Waals surface area contributed by atoms with Crippen LogP contribution in [-0.4, -0.2) is 22.1 Å². The molecule has 0 aliphatic heterocycles. The van der Waals surface area contributed by atoms with E-state index in [0.717, 1.165) is 11.0 Å². The summed E-state index contributed by atoms with van der Waals surface area (Å²) in [5.74, 6) is -0.0566. The van der Waals surface area contributed by atoms with Gasteiger partial charge in [-0.15, -0.1) is 11.3 Å². The van der Waals surface area contributed by atoms with Gasteiger partial charge in [-0.05, 0) is 25.7 Å². The third-order valence-corrected chi connectivity index (χ3v) is 3.39. The number of nitrogens with one attached hydrogen (secondary N) is 1. The van der Waals surface area contributed by atoms with Crippen LogP contribution < -0.4 is 5.32 Å². The minimum absolute atomic E-state index is 0.00991. The summed E-state index contributed by atoms with van der Waals surface area (Å²) in [7, 11) is 0. The van der Waals surface area contributed by atoms with Crippen LogP contribution in [0.1, 0.15) is 25.5 Å². The number of carbonyl (C=O) groups is 1. The van der Waals surface area contributed by atoms with Crippen molar-refractivity contribution in [3.63, 3.8) is 0 Å². The van der Waals surface area contributed by atoms with E-state index in [1.54, 1.807) is 5.38 Å². The van der Waals surface area contributed by atoms with Gasteiger partial charge in [-0.1, -0.05) is 0 Å². The van der Waals surface area contributed by atoms with Crippen LogP contribution >= 0.6 is 11.3 Å². The molecule has 0 bridgehead atoms. The predicted molar refractivity (Wildman–Crippen MR) is 59.3 cm³/mol. The standard InChI is InChI=1S/C10H14N2O2S/c1-6(7-2-3-7)11-10-12-8(5-15-10)4-9(13)14/h5-7H,2-4H2,1H3,(H,11,12)(H,13,14)/t6-/m1/s1. The highest BCUT2D eigenvalue weighted by molar-refractivity contribution is 7.13. The Labute approximate surface area is 92.3 Å². The first kappa shape index (κ1) is 10.4. The van der Waals surface area contributed by atoms with Crippen molar-refractivity contribution < 1.29 is 9.90 Å². The predicted octanol–water partition coefficient (Wildman–Crippen LogP) is 1.98. The molecular formula is C10H14N2O2S. The Morgan fingerprint density at radius 2 is 2.53 bits per heavy atom. The molecule has 4 nitrogen and oxygen atoms in total. The minimum atomic E-state index is -0.831. The third-order valence-electron chi connectivity index (χ3n) is 2.56. The van der Waals surface area contributed by atoms with Crippen molar-refractivity contribution in [2.45, 2.75) is 32.2 Å². The highest BCUT2D eigenvalue weighted by atomic mass is 32.1. The third kappa shape index (κ3) is 2.92. The van der Waals surface area contributed by atoms with Gasteiger partial charge in [0.1, 0.15) is 0 Å². The Balaban J connectivity index is 1.91. The van der Waals surface area contributed by atoms with Crippen LogP contribution in [0.2, 0.25) is 0 Å². The van der Waals surface area contributed by atoms with Crippen molar-refractivity contribution in [1.82, 2.24) is 4.98 Å². The van der Waals surface area contributed by atoms with Crippen LogP contribution in [0.4, 0.5) is 5.13 Å². The Hall–Kier alpha value is -1.10. The molecule has 82 valence electrons.